The molecule has 0 radical (unpaired) electrons. The Balaban J connectivity index is 1.41. The van der Waals surface area contributed by atoms with E-state index in [1.807, 2.05) is 42.5 Å². The number of hydrogen-bond donors (Lipinski definition) is 1. The molecule has 1 aliphatic rings. The number of carbonyl (C=O) groups excluding carboxylic acids is 2. The number of anilines is 1. The maximum absolute atomic E-state index is 12.8. The molecule has 8 heteroatoms. The van der Waals surface area contributed by atoms with Gasteiger partial charge in [-0.3, -0.25) is 14.6 Å². The molecule has 0 saturated carbocycles. The predicted molar refractivity (Wildman–Crippen MR) is 102 cm³/mol. The molecule has 1 unspecified atom stereocenters. The fourth-order valence-corrected chi connectivity index (χ4v) is 3.29. The second-order valence-electron chi connectivity index (χ2n) is 6.74. The van der Waals surface area contributed by atoms with Gasteiger partial charge in [0.1, 0.15) is 12.7 Å². The number of hydrogen-bond acceptors (Lipinski definition) is 5. The Morgan fingerprint density at radius 3 is 2.79 bits per heavy atom. The molecule has 3 heterocycles. The van der Waals surface area contributed by atoms with Crippen molar-refractivity contribution >= 4 is 17.5 Å². The van der Waals surface area contributed by atoms with Crippen LogP contribution < -0.4 is 5.32 Å². The van der Waals surface area contributed by atoms with E-state index in [9.17, 15) is 9.59 Å². The van der Waals surface area contributed by atoms with Crippen molar-refractivity contribution in [2.24, 2.45) is 5.92 Å². The summed E-state index contributed by atoms with van der Waals surface area (Å²) in [5.41, 5.74) is 2.46. The van der Waals surface area contributed by atoms with Gasteiger partial charge in [-0.2, -0.15) is 5.10 Å². The Labute approximate surface area is 162 Å². The molecule has 3 aromatic rings. The summed E-state index contributed by atoms with van der Waals surface area (Å²) in [5.74, 6) is -0.555. The maximum Gasteiger partial charge on any atom is 0.229 e. The van der Waals surface area contributed by atoms with Crippen LogP contribution in [-0.2, 0) is 22.7 Å². The molecule has 2 amide bonds. The lowest BCUT2D eigenvalue weighted by Gasteiger charge is -2.17. The SMILES string of the molecule is O=C(Nc1ccccc1Cn1cncn1)C1CC(=O)N(Cc2ccccn2)C1. The highest BCUT2D eigenvalue weighted by molar-refractivity contribution is 5.97. The van der Waals surface area contributed by atoms with Crippen LogP contribution in [0.1, 0.15) is 17.7 Å². The summed E-state index contributed by atoms with van der Waals surface area (Å²) in [6.45, 7) is 1.32. The molecule has 1 fully saturated rings. The summed E-state index contributed by atoms with van der Waals surface area (Å²) in [7, 11) is 0. The lowest BCUT2D eigenvalue weighted by atomic mass is 10.1. The van der Waals surface area contributed by atoms with E-state index in [1.165, 1.54) is 6.33 Å². The van der Waals surface area contributed by atoms with E-state index in [0.29, 0.717) is 19.6 Å². The molecular formula is C20H20N6O2. The third-order valence-corrected chi connectivity index (χ3v) is 4.74. The molecule has 0 spiro atoms. The third-order valence-electron chi connectivity index (χ3n) is 4.74. The smallest absolute Gasteiger partial charge is 0.229 e. The van der Waals surface area contributed by atoms with Crippen molar-refractivity contribution in [1.82, 2.24) is 24.6 Å². The van der Waals surface area contributed by atoms with Crippen LogP contribution in [0.2, 0.25) is 0 Å². The van der Waals surface area contributed by atoms with E-state index >= 15 is 0 Å². The molecule has 1 saturated heterocycles. The highest BCUT2D eigenvalue weighted by Crippen LogP contribution is 2.23. The first-order chi connectivity index (χ1) is 13.7. The minimum absolute atomic E-state index is 0.0262. The van der Waals surface area contributed by atoms with Gasteiger partial charge in [-0.15, -0.1) is 0 Å². The second kappa shape index (κ2) is 7.99. The Bertz CT molecular complexity index is 958. The van der Waals surface area contributed by atoms with Gasteiger partial charge in [-0.05, 0) is 23.8 Å². The number of nitrogens with one attached hydrogen (secondary N) is 1. The summed E-state index contributed by atoms with van der Waals surface area (Å²) < 4.78 is 1.69. The van der Waals surface area contributed by atoms with Gasteiger partial charge in [0, 0.05) is 24.8 Å². The quantitative estimate of drug-likeness (QED) is 0.707. The second-order valence-corrected chi connectivity index (χ2v) is 6.74. The van der Waals surface area contributed by atoms with Crippen LogP contribution in [0.25, 0.3) is 0 Å². The summed E-state index contributed by atoms with van der Waals surface area (Å²) >= 11 is 0. The zero-order chi connectivity index (χ0) is 19.3. The zero-order valence-corrected chi connectivity index (χ0v) is 15.2. The summed E-state index contributed by atoms with van der Waals surface area (Å²) in [6, 6.07) is 13.2. The number of pyridine rings is 1. The first-order valence-electron chi connectivity index (χ1n) is 9.08. The van der Waals surface area contributed by atoms with Crippen LogP contribution in [0, 0.1) is 5.92 Å². The van der Waals surface area contributed by atoms with E-state index in [2.05, 4.69) is 20.4 Å². The predicted octanol–water partition coefficient (Wildman–Crippen LogP) is 1.71. The molecule has 2 aromatic heterocycles. The molecule has 28 heavy (non-hydrogen) atoms. The zero-order valence-electron chi connectivity index (χ0n) is 15.2. The Morgan fingerprint density at radius 2 is 2.00 bits per heavy atom. The Kier molecular flexibility index (Phi) is 5.09. The summed E-state index contributed by atoms with van der Waals surface area (Å²) in [6.07, 6.45) is 5.02. The molecule has 1 atom stereocenters. The van der Waals surface area contributed by atoms with E-state index in [-0.39, 0.29) is 24.2 Å². The number of benzene rings is 1. The molecule has 142 valence electrons. The molecule has 8 nitrogen and oxygen atoms in total. The van der Waals surface area contributed by atoms with E-state index < -0.39 is 0 Å². The number of likely N-dealkylation sites (tertiary alicyclic amines) is 1. The first kappa shape index (κ1) is 17.8. The first-order valence-corrected chi connectivity index (χ1v) is 9.08. The number of para-hydroxylation sites is 1. The largest absolute Gasteiger partial charge is 0.336 e. The van der Waals surface area contributed by atoms with Gasteiger partial charge in [0.05, 0.1) is 24.7 Å². The van der Waals surface area contributed by atoms with E-state index in [4.69, 9.17) is 0 Å². The summed E-state index contributed by atoms with van der Waals surface area (Å²) in [5, 5.41) is 7.08. The van der Waals surface area contributed by atoms with Crippen molar-refractivity contribution in [2.75, 3.05) is 11.9 Å². The van der Waals surface area contributed by atoms with Crippen molar-refractivity contribution in [2.45, 2.75) is 19.5 Å². The minimum Gasteiger partial charge on any atom is -0.336 e. The van der Waals surface area contributed by atoms with Crippen LogP contribution in [0.15, 0.2) is 61.3 Å². The van der Waals surface area contributed by atoms with Crippen molar-refractivity contribution in [3.63, 3.8) is 0 Å². The van der Waals surface area contributed by atoms with Crippen LogP contribution in [-0.4, -0.2) is 43.0 Å². The topological polar surface area (TPSA) is 93.0 Å². The third kappa shape index (κ3) is 4.06. The van der Waals surface area contributed by atoms with Crippen molar-refractivity contribution in [1.29, 1.82) is 0 Å². The highest BCUT2D eigenvalue weighted by atomic mass is 16.2. The number of aromatic nitrogens is 4. The van der Waals surface area contributed by atoms with Crippen molar-refractivity contribution in [3.05, 3.63) is 72.6 Å². The van der Waals surface area contributed by atoms with Crippen molar-refractivity contribution in [3.8, 4) is 0 Å². The molecule has 0 bridgehead atoms. The fraction of sp³-hybridized carbons (Fsp3) is 0.250. The van der Waals surface area contributed by atoms with Crippen LogP contribution in [0.3, 0.4) is 0 Å². The van der Waals surface area contributed by atoms with Gasteiger partial charge in [-0.1, -0.05) is 24.3 Å². The van der Waals surface area contributed by atoms with Crippen LogP contribution >= 0.6 is 0 Å². The van der Waals surface area contributed by atoms with Gasteiger partial charge >= 0.3 is 0 Å². The Morgan fingerprint density at radius 1 is 1.14 bits per heavy atom. The number of carbonyl (C=O) groups is 2. The van der Waals surface area contributed by atoms with Gasteiger partial charge in [0.15, 0.2) is 0 Å². The standard InChI is InChI=1S/C20H20N6O2/c27-19-9-16(10-25(19)12-17-6-3-4-8-22-17)20(28)24-18-7-2-1-5-15(18)11-26-14-21-13-23-26/h1-8,13-14,16H,9-12H2,(H,24,28). The number of amides is 2. The molecule has 4 rings (SSSR count). The molecule has 0 aliphatic carbocycles. The van der Waals surface area contributed by atoms with Crippen LogP contribution in [0.4, 0.5) is 5.69 Å². The maximum atomic E-state index is 12.8. The number of rotatable bonds is 6. The van der Waals surface area contributed by atoms with Gasteiger partial charge in [0.25, 0.3) is 0 Å². The minimum atomic E-state index is -0.379. The lowest BCUT2D eigenvalue weighted by molar-refractivity contribution is -0.128. The average Bonchev–Trinajstić information content (AvgIpc) is 3.34. The monoisotopic (exact) mass is 376 g/mol. The number of nitrogens with zero attached hydrogens (tertiary/aromatic N) is 5. The lowest BCUT2D eigenvalue weighted by Crippen LogP contribution is -2.28. The van der Waals surface area contributed by atoms with Gasteiger partial charge < -0.3 is 10.2 Å². The van der Waals surface area contributed by atoms with Crippen molar-refractivity contribution < 1.29 is 9.59 Å². The van der Waals surface area contributed by atoms with Gasteiger partial charge in [-0.25, -0.2) is 9.67 Å². The van der Waals surface area contributed by atoms with Gasteiger partial charge in [0.2, 0.25) is 11.8 Å². The van der Waals surface area contributed by atoms with E-state index in [1.54, 1.807) is 22.1 Å². The molecule has 1 aliphatic heterocycles. The molecule has 1 aromatic carbocycles. The average molecular weight is 376 g/mol. The molecule has 1 N–H and O–H groups in total. The Hall–Kier alpha value is -3.55. The van der Waals surface area contributed by atoms with E-state index in [0.717, 1.165) is 16.9 Å². The highest BCUT2D eigenvalue weighted by Gasteiger charge is 2.34. The summed E-state index contributed by atoms with van der Waals surface area (Å²) in [4.78, 5) is 35.0. The van der Waals surface area contributed by atoms with Crippen LogP contribution in [0.5, 0.6) is 0 Å². The fourth-order valence-electron chi connectivity index (χ4n) is 3.29. The normalized spacial score (nSPS) is 16.4. The molecular weight excluding hydrogens is 356 g/mol.